The van der Waals surface area contributed by atoms with Crippen LogP contribution in [0.3, 0.4) is 0 Å². The van der Waals surface area contributed by atoms with Gasteiger partial charge in [-0.05, 0) is 19.8 Å². The van der Waals surface area contributed by atoms with Crippen LogP contribution in [-0.2, 0) is 9.16 Å². The van der Waals surface area contributed by atoms with Crippen LogP contribution >= 0.6 is 0 Å². The Kier molecular flexibility index (Phi) is 9.87. The summed E-state index contributed by atoms with van der Waals surface area (Å²) in [6.07, 6.45) is 4.63. The zero-order valence-electron chi connectivity index (χ0n) is 8.88. The van der Waals surface area contributed by atoms with Crippen molar-refractivity contribution in [2.45, 2.75) is 39.7 Å². The molecule has 0 saturated heterocycles. The van der Waals surface area contributed by atoms with Crippen molar-refractivity contribution in [3.05, 3.63) is 11.8 Å². The molecule has 13 heavy (non-hydrogen) atoms. The Morgan fingerprint density at radius 1 is 1.31 bits per heavy atom. The molecule has 0 saturated carbocycles. The highest BCUT2D eigenvalue weighted by molar-refractivity contribution is 6.34. The first-order valence-corrected chi connectivity index (χ1v) is 5.93. The van der Waals surface area contributed by atoms with Gasteiger partial charge >= 0.3 is 0 Å². The van der Waals surface area contributed by atoms with Gasteiger partial charge in [-0.15, -0.1) is 0 Å². The summed E-state index contributed by atoms with van der Waals surface area (Å²) in [5.74, 6) is 0. The maximum absolute atomic E-state index is 5.45. The van der Waals surface area contributed by atoms with E-state index in [1.54, 1.807) is 0 Å². The van der Waals surface area contributed by atoms with Crippen molar-refractivity contribution in [2.24, 2.45) is 0 Å². The molecule has 2 nitrogen and oxygen atoms in total. The fraction of sp³-hybridized carbons (Fsp3) is 0.800. The second-order valence-electron chi connectivity index (χ2n) is 2.87. The minimum Gasteiger partial charge on any atom is -0.410 e. The first-order valence-electron chi connectivity index (χ1n) is 4.95. The summed E-state index contributed by atoms with van der Waals surface area (Å²) in [6.45, 7) is 7.74. The van der Waals surface area contributed by atoms with Gasteiger partial charge in [0.25, 0.3) is 9.76 Å². The normalized spacial score (nSPS) is 13.8. The molecule has 1 unspecified atom stereocenters. The Hall–Kier alpha value is -0.123. The monoisotopic (exact) mass is 200 g/mol. The van der Waals surface area contributed by atoms with E-state index in [1.807, 2.05) is 0 Å². The molecule has 1 atom stereocenters. The maximum Gasteiger partial charge on any atom is 0.260 e. The molecular weight excluding hydrogens is 180 g/mol. The molecule has 0 rings (SSSR count). The summed E-state index contributed by atoms with van der Waals surface area (Å²) < 4.78 is 10.8. The molecular formula is C10H20O2Si. The van der Waals surface area contributed by atoms with E-state index < -0.39 is 0 Å². The Balaban J connectivity index is 3.03. The summed E-state index contributed by atoms with van der Waals surface area (Å²) in [4.78, 5) is 0. The lowest BCUT2D eigenvalue weighted by molar-refractivity contribution is 0.0437. The number of hydrogen-bond acceptors (Lipinski definition) is 2. The summed E-state index contributed by atoms with van der Waals surface area (Å²) >= 11 is 0. The summed E-state index contributed by atoms with van der Waals surface area (Å²) in [5.41, 5.74) is 2.07. The zero-order chi connectivity index (χ0) is 9.94. The van der Waals surface area contributed by atoms with Crippen LogP contribution in [0.5, 0.6) is 0 Å². The van der Waals surface area contributed by atoms with E-state index in [0.29, 0.717) is 29.1 Å². The molecule has 0 aromatic rings. The lowest BCUT2D eigenvalue weighted by Gasteiger charge is -2.09. The predicted molar refractivity (Wildman–Crippen MR) is 56.8 cm³/mol. The van der Waals surface area contributed by atoms with Crippen molar-refractivity contribution in [2.75, 3.05) is 13.2 Å². The van der Waals surface area contributed by atoms with E-state index in [0.717, 1.165) is 12.8 Å². The third-order valence-electron chi connectivity index (χ3n) is 1.67. The summed E-state index contributed by atoms with van der Waals surface area (Å²) in [6, 6.07) is 0. The molecule has 76 valence electrons. The number of rotatable bonds is 8. The van der Waals surface area contributed by atoms with Gasteiger partial charge < -0.3 is 9.16 Å². The molecule has 0 aliphatic rings. The molecule has 0 aromatic heterocycles. The molecule has 0 aliphatic heterocycles. The van der Waals surface area contributed by atoms with Crippen LogP contribution in [0.4, 0.5) is 0 Å². The molecule has 0 aromatic carbocycles. The SMILES string of the molecule is CC/C=C/[Si]OCCOC(C)CC. The topological polar surface area (TPSA) is 18.5 Å². The minimum atomic E-state index is 0.359. The Morgan fingerprint density at radius 2 is 2.08 bits per heavy atom. The highest BCUT2D eigenvalue weighted by atomic mass is 28.2. The molecule has 0 heterocycles. The van der Waals surface area contributed by atoms with Crippen LogP contribution in [0.15, 0.2) is 11.8 Å². The lowest BCUT2D eigenvalue weighted by atomic mass is 10.3. The number of allylic oxidation sites excluding steroid dienone is 1. The van der Waals surface area contributed by atoms with E-state index in [-0.39, 0.29) is 0 Å². The van der Waals surface area contributed by atoms with Crippen molar-refractivity contribution in [3.8, 4) is 0 Å². The van der Waals surface area contributed by atoms with E-state index >= 15 is 0 Å². The number of ether oxygens (including phenoxy) is 1. The van der Waals surface area contributed by atoms with E-state index in [9.17, 15) is 0 Å². The van der Waals surface area contributed by atoms with Gasteiger partial charge in [0.1, 0.15) is 0 Å². The first kappa shape index (κ1) is 12.9. The van der Waals surface area contributed by atoms with Crippen LogP contribution in [0.25, 0.3) is 0 Å². The highest BCUT2D eigenvalue weighted by Crippen LogP contribution is 1.94. The van der Waals surface area contributed by atoms with Crippen LogP contribution in [0, 0.1) is 0 Å². The van der Waals surface area contributed by atoms with Gasteiger partial charge in [0, 0.05) is 0 Å². The average Bonchev–Trinajstić information content (AvgIpc) is 2.16. The van der Waals surface area contributed by atoms with Crippen LogP contribution < -0.4 is 0 Å². The van der Waals surface area contributed by atoms with Crippen LogP contribution in [-0.4, -0.2) is 29.1 Å². The van der Waals surface area contributed by atoms with Crippen LogP contribution in [0.1, 0.15) is 33.6 Å². The largest absolute Gasteiger partial charge is 0.410 e. The standard InChI is InChI=1S/C10H20O2Si/c1-4-6-9-13-12-8-7-11-10(3)5-2/h6,9-10H,4-5,7-8H2,1-3H3/b9-6+. The van der Waals surface area contributed by atoms with Gasteiger partial charge in [0.05, 0.1) is 19.3 Å². The molecule has 0 amide bonds. The van der Waals surface area contributed by atoms with Gasteiger partial charge in [0.15, 0.2) is 0 Å². The summed E-state index contributed by atoms with van der Waals surface area (Å²) in [7, 11) is 0.483. The molecule has 0 bridgehead atoms. The molecule has 0 N–H and O–H groups in total. The van der Waals surface area contributed by atoms with Gasteiger partial charge in [-0.2, -0.15) is 0 Å². The van der Waals surface area contributed by atoms with Crippen molar-refractivity contribution < 1.29 is 9.16 Å². The average molecular weight is 200 g/mol. The second-order valence-corrected chi connectivity index (χ2v) is 3.72. The molecule has 0 fully saturated rings. The summed E-state index contributed by atoms with van der Waals surface area (Å²) in [5, 5.41) is 0. The molecule has 0 aliphatic carbocycles. The molecule has 0 spiro atoms. The van der Waals surface area contributed by atoms with Crippen molar-refractivity contribution in [1.82, 2.24) is 0 Å². The van der Waals surface area contributed by atoms with Crippen molar-refractivity contribution in [3.63, 3.8) is 0 Å². The Labute approximate surface area is 84.3 Å². The smallest absolute Gasteiger partial charge is 0.260 e. The third kappa shape index (κ3) is 9.79. The zero-order valence-corrected chi connectivity index (χ0v) is 9.88. The van der Waals surface area contributed by atoms with Crippen molar-refractivity contribution >= 4 is 9.76 Å². The quantitative estimate of drug-likeness (QED) is 0.442. The van der Waals surface area contributed by atoms with E-state index in [4.69, 9.17) is 9.16 Å². The first-order chi connectivity index (χ1) is 6.31. The van der Waals surface area contributed by atoms with Gasteiger partial charge in [0.2, 0.25) is 0 Å². The third-order valence-corrected chi connectivity index (χ3v) is 2.41. The fourth-order valence-electron chi connectivity index (χ4n) is 0.682. The fourth-order valence-corrected chi connectivity index (χ4v) is 1.31. The Morgan fingerprint density at radius 3 is 2.69 bits per heavy atom. The van der Waals surface area contributed by atoms with E-state index in [2.05, 4.69) is 32.5 Å². The van der Waals surface area contributed by atoms with Gasteiger partial charge in [-0.3, -0.25) is 0 Å². The highest BCUT2D eigenvalue weighted by Gasteiger charge is 1.96. The second kappa shape index (κ2) is 9.96. The molecule has 2 radical (unpaired) electrons. The lowest BCUT2D eigenvalue weighted by Crippen LogP contribution is -2.12. The van der Waals surface area contributed by atoms with Gasteiger partial charge in [-0.25, -0.2) is 0 Å². The van der Waals surface area contributed by atoms with E-state index in [1.165, 1.54) is 0 Å². The van der Waals surface area contributed by atoms with Gasteiger partial charge in [-0.1, -0.05) is 25.6 Å². The van der Waals surface area contributed by atoms with Crippen molar-refractivity contribution in [1.29, 1.82) is 0 Å². The Bertz CT molecular complexity index is 126. The van der Waals surface area contributed by atoms with Crippen LogP contribution in [0.2, 0.25) is 0 Å². The molecule has 3 heteroatoms. The maximum atomic E-state index is 5.45. The predicted octanol–water partition coefficient (Wildman–Crippen LogP) is 2.36. The minimum absolute atomic E-state index is 0.359. The number of hydrogen-bond donors (Lipinski definition) is 0.